The number of nitrogens with zero attached hydrogens (tertiary/aromatic N) is 1. The first-order chi connectivity index (χ1) is 7.04. The molecule has 0 bridgehead atoms. The molecule has 0 heterocycles. The highest BCUT2D eigenvalue weighted by atomic mass is 32.1. The number of rotatable bonds is 5. The van der Waals surface area contributed by atoms with Gasteiger partial charge in [-0.3, -0.25) is 4.79 Å². The molecule has 0 spiro atoms. The van der Waals surface area contributed by atoms with Crippen molar-refractivity contribution >= 4 is 23.1 Å². The van der Waals surface area contributed by atoms with Crippen LogP contribution in [0.15, 0.2) is 0 Å². The Hall–Kier alpha value is -0.640. The van der Waals surface area contributed by atoms with E-state index in [0.717, 1.165) is 38.6 Å². The molecule has 0 aliphatic heterocycles. The van der Waals surface area contributed by atoms with Gasteiger partial charge in [0.2, 0.25) is 5.91 Å². The third kappa shape index (κ3) is 2.30. The molecule has 1 aliphatic rings. The molecule has 15 heavy (non-hydrogen) atoms. The summed E-state index contributed by atoms with van der Waals surface area (Å²) in [7, 11) is 1.84. The summed E-state index contributed by atoms with van der Waals surface area (Å²) in [5, 5.41) is 0. The van der Waals surface area contributed by atoms with E-state index < -0.39 is 5.41 Å². The number of nitrogens with two attached hydrogens (primary N) is 1. The van der Waals surface area contributed by atoms with Gasteiger partial charge in [0.05, 0.1) is 10.4 Å². The molecule has 2 N–H and O–H groups in total. The van der Waals surface area contributed by atoms with Gasteiger partial charge in [-0.05, 0) is 19.3 Å². The molecular weight excluding hydrogens is 208 g/mol. The molecule has 4 heteroatoms. The topological polar surface area (TPSA) is 46.3 Å². The van der Waals surface area contributed by atoms with E-state index in [-0.39, 0.29) is 5.91 Å². The van der Waals surface area contributed by atoms with Crippen LogP contribution in [-0.4, -0.2) is 29.4 Å². The maximum absolute atomic E-state index is 12.2. The lowest BCUT2D eigenvalue weighted by Gasteiger charge is -2.41. The van der Waals surface area contributed by atoms with Gasteiger partial charge in [-0.25, -0.2) is 0 Å². The molecule has 1 rings (SSSR count). The minimum atomic E-state index is -0.502. The summed E-state index contributed by atoms with van der Waals surface area (Å²) in [6.07, 6.45) is 4.85. The highest BCUT2D eigenvalue weighted by Crippen LogP contribution is 2.42. The molecule has 1 aliphatic carbocycles. The van der Waals surface area contributed by atoms with Crippen molar-refractivity contribution in [2.24, 2.45) is 11.1 Å². The number of unbranched alkanes of at least 4 members (excludes halogenated alkanes) is 1. The van der Waals surface area contributed by atoms with Crippen LogP contribution in [0.2, 0.25) is 0 Å². The number of amides is 1. The van der Waals surface area contributed by atoms with Crippen molar-refractivity contribution in [1.29, 1.82) is 0 Å². The summed E-state index contributed by atoms with van der Waals surface area (Å²) < 4.78 is 0. The van der Waals surface area contributed by atoms with Gasteiger partial charge in [0, 0.05) is 13.6 Å². The molecular formula is C11H20N2OS. The standard InChI is InChI=1S/C11H20N2OS/c1-3-4-8-13(2)10(14)11(9(12)15)6-5-7-11/h3-8H2,1-2H3,(H2,12,15). The fourth-order valence-electron chi connectivity index (χ4n) is 1.96. The minimum absolute atomic E-state index is 0.120. The van der Waals surface area contributed by atoms with E-state index in [0.29, 0.717) is 4.99 Å². The summed E-state index contributed by atoms with van der Waals surface area (Å²) in [6, 6.07) is 0. The van der Waals surface area contributed by atoms with E-state index in [1.54, 1.807) is 4.90 Å². The molecule has 0 radical (unpaired) electrons. The number of carbonyl (C=O) groups is 1. The second-order valence-electron chi connectivity index (χ2n) is 4.38. The Morgan fingerprint density at radius 3 is 2.47 bits per heavy atom. The van der Waals surface area contributed by atoms with Gasteiger partial charge < -0.3 is 10.6 Å². The predicted octanol–water partition coefficient (Wildman–Crippen LogP) is 1.70. The molecule has 0 aromatic rings. The van der Waals surface area contributed by atoms with Gasteiger partial charge in [0.15, 0.2) is 0 Å². The highest BCUT2D eigenvalue weighted by Gasteiger charge is 2.48. The lowest BCUT2D eigenvalue weighted by Crippen LogP contribution is -2.53. The Morgan fingerprint density at radius 2 is 2.13 bits per heavy atom. The summed E-state index contributed by atoms with van der Waals surface area (Å²) in [4.78, 5) is 14.3. The van der Waals surface area contributed by atoms with Gasteiger partial charge in [-0.2, -0.15) is 0 Å². The number of hydrogen-bond acceptors (Lipinski definition) is 2. The van der Waals surface area contributed by atoms with E-state index >= 15 is 0 Å². The van der Waals surface area contributed by atoms with Crippen molar-refractivity contribution in [2.75, 3.05) is 13.6 Å². The molecule has 0 saturated heterocycles. The van der Waals surface area contributed by atoms with Crippen LogP contribution in [0.1, 0.15) is 39.0 Å². The third-order valence-corrected chi connectivity index (χ3v) is 3.67. The van der Waals surface area contributed by atoms with Crippen molar-refractivity contribution in [3.8, 4) is 0 Å². The average Bonchev–Trinajstić information content (AvgIpc) is 2.11. The first kappa shape index (κ1) is 12.4. The predicted molar refractivity (Wildman–Crippen MR) is 65.6 cm³/mol. The van der Waals surface area contributed by atoms with Gasteiger partial charge in [-0.1, -0.05) is 32.0 Å². The minimum Gasteiger partial charge on any atom is -0.392 e. The van der Waals surface area contributed by atoms with Crippen LogP contribution in [0.3, 0.4) is 0 Å². The zero-order chi connectivity index (χ0) is 11.5. The van der Waals surface area contributed by atoms with Crippen molar-refractivity contribution < 1.29 is 4.79 Å². The lowest BCUT2D eigenvalue weighted by atomic mass is 9.67. The van der Waals surface area contributed by atoms with E-state index in [1.165, 1.54) is 0 Å². The number of hydrogen-bond donors (Lipinski definition) is 1. The van der Waals surface area contributed by atoms with E-state index in [9.17, 15) is 4.79 Å². The van der Waals surface area contributed by atoms with E-state index in [1.807, 2.05) is 7.05 Å². The van der Waals surface area contributed by atoms with Crippen LogP contribution < -0.4 is 5.73 Å². The Bertz CT molecular complexity index is 261. The third-order valence-electron chi connectivity index (χ3n) is 3.28. The van der Waals surface area contributed by atoms with Gasteiger partial charge in [0.25, 0.3) is 0 Å². The Morgan fingerprint density at radius 1 is 1.53 bits per heavy atom. The zero-order valence-corrected chi connectivity index (χ0v) is 10.4. The van der Waals surface area contributed by atoms with Gasteiger partial charge in [-0.15, -0.1) is 0 Å². The molecule has 1 fully saturated rings. The molecule has 0 atom stereocenters. The molecule has 86 valence electrons. The Kier molecular flexibility index (Phi) is 4.08. The zero-order valence-electron chi connectivity index (χ0n) is 9.58. The summed E-state index contributed by atoms with van der Waals surface area (Å²) in [6.45, 7) is 2.92. The van der Waals surface area contributed by atoms with Crippen molar-refractivity contribution in [3.63, 3.8) is 0 Å². The second kappa shape index (κ2) is 4.92. The van der Waals surface area contributed by atoms with Crippen LogP contribution in [0.4, 0.5) is 0 Å². The molecule has 1 saturated carbocycles. The summed E-state index contributed by atoms with van der Waals surface area (Å²) >= 11 is 5.02. The maximum atomic E-state index is 12.2. The molecule has 0 aromatic heterocycles. The van der Waals surface area contributed by atoms with Crippen LogP contribution in [0.25, 0.3) is 0 Å². The largest absolute Gasteiger partial charge is 0.392 e. The van der Waals surface area contributed by atoms with Crippen LogP contribution >= 0.6 is 12.2 Å². The second-order valence-corrected chi connectivity index (χ2v) is 4.82. The number of carbonyl (C=O) groups excluding carboxylic acids is 1. The van der Waals surface area contributed by atoms with Crippen LogP contribution in [-0.2, 0) is 4.79 Å². The summed E-state index contributed by atoms with van der Waals surface area (Å²) in [5.74, 6) is 0.120. The van der Waals surface area contributed by atoms with Gasteiger partial charge in [0.1, 0.15) is 0 Å². The molecule has 1 amide bonds. The van der Waals surface area contributed by atoms with Crippen molar-refractivity contribution in [2.45, 2.75) is 39.0 Å². The fourth-order valence-corrected chi connectivity index (χ4v) is 2.25. The van der Waals surface area contributed by atoms with Crippen molar-refractivity contribution in [3.05, 3.63) is 0 Å². The Labute approximate surface area is 97.0 Å². The molecule has 0 aromatic carbocycles. The van der Waals surface area contributed by atoms with Crippen LogP contribution in [0, 0.1) is 5.41 Å². The van der Waals surface area contributed by atoms with E-state index in [2.05, 4.69) is 6.92 Å². The molecule has 0 unspecified atom stereocenters. The SMILES string of the molecule is CCCCN(C)C(=O)C1(C(N)=S)CCC1. The smallest absolute Gasteiger partial charge is 0.235 e. The number of thiocarbonyl (C=S) groups is 1. The lowest BCUT2D eigenvalue weighted by molar-refractivity contribution is -0.140. The molecule has 3 nitrogen and oxygen atoms in total. The highest BCUT2D eigenvalue weighted by molar-refractivity contribution is 7.80. The monoisotopic (exact) mass is 228 g/mol. The quantitative estimate of drug-likeness (QED) is 0.729. The Balaban J connectivity index is 2.61. The van der Waals surface area contributed by atoms with Gasteiger partial charge >= 0.3 is 0 Å². The summed E-state index contributed by atoms with van der Waals surface area (Å²) in [5.41, 5.74) is 5.18. The first-order valence-corrected chi connectivity index (χ1v) is 6.01. The van der Waals surface area contributed by atoms with Crippen LogP contribution in [0.5, 0.6) is 0 Å². The first-order valence-electron chi connectivity index (χ1n) is 5.60. The normalized spacial score (nSPS) is 18.0. The van der Waals surface area contributed by atoms with Crippen molar-refractivity contribution in [1.82, 2.24) is 4.90 Å². The maximum Gasteiger partial charge on any atom is 0.235 e. The average molecular weight is 228 g/mol. The fraction of sp³-hybridized carbons (Fsp3) is 0.818. The van der Waals surface area contributed by atoms with E-state index in [4.69, 9.17) is 18.0 Å².